The van der Waals surface area contributed by atoms with Crippen LogP contribution in [0.15, 0.2) is 0 Å². The second-order valence-corrected chi connectivity index (χ2v) is 8.08. The van der Waals surface area contributed by atoms with Crippen LogP contribution < -0.4 is 5.73 Å². The van der Waals surface area contributed by atoms with Crippen molar-refractivity contribution in [2.45, 2.75) is 90.8 Å². The average Bonchev–Trinajstić information content (AvgIpc) is 2.90. The first-order chi connectivity index (χ1) is 9.49. The summed E-state index contributed by atoms with van der Waals surface area (Å²) in [6.07, 6.45) is 9.57. The third-order valence-corrected chi connectivity index (χ3v) is 5.65. The standard InChI is InChI=1S/C18H36N2/c1-13(2)12-20(16-7-5-6-8-16)18-11-15(14(3)4)9-10-17(18)19/h13-18H,5-12,19H2,1-4H3. The summed E-state index contributed by atoms with van der Waals surface area (Å²) in [5.74, 6) is 2.45. The molecular formula is C18H36N2. The van der Waals surface area contributed by atoms with E-state index in [1.807, 2.05) is 0 Å². The first-order valence-corrected chi connectivity index (χ1v) is 9.00. The van der Waals surface area contributed by atoms with Crippen molar-refractivity contribution in [1.82, 2.24) is 4.90 Å². The van der Waals surface area contributed by atoms with Crippen LogP contribution in [0, 0.1) is 17.8 Å². The number of rotatable bonds is 5. The Balaban J connectivity index is 2.08. The third-order valence-electron chi connectivity index (χ3n) is 5.65. The SMILES string of the molecule is CC(C)CN(C1CCCC1)C1CC(C(C)C)CCC1N. The van der Waals surface area contributed by atoms with Crippen LogP contribution in [-0.2, 0) is 0 Å². The molecule has 0 heterocycles. The van der Waals surface area contributed by atoms with Crippen LogP contribution in [0.3, 0.4) is 0 Å². The predicted molar refractivity (Wildman–Crippen MR) is 87.7 cm³/mol. The molecule has 2 aliphatic rings. The lowest BCUT2D eigenvalue weighted by Crippen LogP contribution is -2.55. The predicted octanol–water partition coefficient (Wildman–Crippen LogP) is 4.04. The summed E-state index contributed by atoms with van der Waals surface area (Å²) in [6.45, 7) is 10.7. The second kappa shape index (κ2) is 7.26. The van der Waals surface area contributed by atoms with Gasteiger partial charge in [0.2, 0.25) is 0 Å². The Labute approximate surface area is 126 Å². The van der Waals surface area contributed by atoms with E-state index in [0.717, 1.165) is 23.8 Å². The molecule has 0 saturated heterocycles. The number of nitrogens with two attached hydrogens (primary N) is 1. The molecule has 118 valence electrons. The molecule has 2 aliphatic carbocycles. The summed E-state index contributed by atoms with van der Waals surface area (Å²) >= 11 is 0. The molecule has 0 bridgehead atoms. The van der Waals surface area contributed by atoms with Crippen molar-refractivity contribution in [1.29, 1.82) is 0 Å². The quantitative estimate of drug-likeness (QED) is 0.823. The first kappa shape index (κ1) is 16.3. The summed E-state index contributed by atoms with van der Waals surface area (Å²) in [5.41, 5.74) is 6.54. The van der Waals surface area contributed by atoms with Gasteiger partial charge in [-0.2, -0.15) is 0 Å². The van der Waals surface area contributed by atoms with Crippen molar-refractivity contribution in [2.24, 2.45) is 23.5 Å². The molecule has 2 rings (SSSR count). The molecule has 3 atom stereocenters. The van der Waals surface area contributed by atoms with Gasteiger partial charge in [0.15, 0.2) is 0 Å². The Hall–Kier alpha value is -0.0800. The van der Waals surface area contributed by atoms with E-state index in [1.54, 1.807) is 0 Å². The lowest BCUT2D eigenvalue weighted by molar-refractivity contribution is 0.0527. The summed E-state index contributed by atoms with van der Waals surface area (Å²) in [5, 5.41) is 0. The van der Waals surface area contributed by atoms with Crippen molar-refractivity contribution in [3.63, 3.8) is 0 Å². The van der Waals surface area contributed by atoms with Gasteiger partial charge in [-0.1, -0.05) is 40.5 Å². The van der Waals surface area contributed by atoms with E-state index in [4.69, 9.17) is 5.73 Å². The topological polar surface area (TPSA) is 29.3 Å². The molecule has 2 saturated carbocycles. The highest BCUT2D eigenvalue weighted by atomic mass is 15.2. The van der Waals surface area contributed by atoms with E-state index < -0.39 is 0 Å². The van der Waals surface area contributed by atoms with Gasteiger partial charge in [-0.05, 0) is 49.9 Å². The monoisotopic (exact) mass is 280 g/mol. The van der Waals surface area contributed by atoms with E-state index in [0.29, 0.717) is 12.1 Å². The smallest absolute Gasteiger partial charge is 0.0252 e. The van der Waals surface area contributed by atoms with Crippen LogP contribution in [0.2, 0.25) is 0 Å². The van der Waals surface area contributed by atoms with Crippen LogP contribution in [0.25, 0.3) is 0 Å². The summed E-state index contributed by atoms with van der Waals surface area (Å²) in [6, 6.07) is 1.87. The highest BCUT2D eigenvalue weighted by Gasteiger charge is 2.37. The maximum atomic E-state index is 6.54. The average molecular weight is 280 g/mol. The van der Waals surface area contributed by atoms with E-state index in [-0.39, 0.29) is 0 Å². The maximum Gasteiger partial charge on any atom is 0.0252 e. The lowest BCUT2D eigenvalue weighted by Gasteiger charge is -2.45. The zero-order valence-corrected chi connectivity index (χ0v) is 14.1. The van der Waals surface area contributed by atoms with Gasteiger partial charge >= 0.3 is 0 Å². The minimum absolute atomic E-state index is 0.407. The fraction of sp³-hybridized carbons (Fsp3) is 1.00. The van der Waals surface area contributed by atoms with Crippen LogP contribution in [0.1, 0.15) is 72.6 Å². The van der Waals surface area contributed by atoms with E-state index in [2.05, 4.69) is 32.6 Å². The molecule has 0 aromatic carbocycles. The molecule has 3 unspecified atom stereocenters. The van der Waals surface area contributed by atoms with Crippen LogP contribution in [0.4, 0.5) is 0 Å². The normalized spacial score (nSPS) is 32.7. The molecule has 0 amide bonds. The molecule has 2 heteroatoms. The summed E-state index contributed by atoms with van der Waals surface area (Å²) in [4.78, 5) is 2.83. The zero-order chi connectivity index (χ0) is 14.7. The largest absolute Gasteiger partial charge is 0.326 e. The van der Waals surface area contributed by atoms with Crippen LogP contribution in [-0.4, -0.2) is 29.6 Å². The van der Waals surface area contributed by atoms with Crippen molar-refractivity contribution < 1.29 is 0 Å². The van der Waals surface area contributed by atoms with E-state index in [9.17, 15) is 0 Å². The number of nitrogens with zero attached hydrogens (tertiary/aromatic N) is 1. The molecule has 0 radical (unpaired) electrons. The van der Waals surface area contributed by atoms with Crippen molar-refractivity contribution in [3.05, 3.63) is 0 Å². The van der Waals surface area contributed by atoms with Gasteiger partial charge in [0, 0.05) is 24.7 Å². The molecular weight excluding hydrogens is 244 g/mol. The Morgan fingerprint density at radius 2 is 1.65 bits per heavy atom. The van der Waals surface area contributed by atoms with Gasteiger partial charge in [0.1, 0.15) is 0 Å². The highest BCUT2D eigenvalue weighted by Crippen LogP contribution is 2.35. The van der Waals surface area contributed by atoms with Gasteiger partial charge in [0.25, 0.3) is 0 Å². The third kappa shape index (κ3) is 3.98. The van der Waals surface area contributed by atoms with E-state index >= 15 is 0 Å². The van der Waals surface area contributed by atoms with Gasteiger partial charge in [-0.3, -0.25) is 4.90 Å². The molecule has 0 aromatic heterocycles. The van der Waals surface area contributed by atoms with Crippen LogP contribution in [0.5, 0.6) is 0 Å². The Kier molecular flexibility index (Phi) is 5.92. The highest BCUT2D eigenvalue weighted by molar-refractivity contribution is 4.94. The zero-order valence-electron chi connectivity index (χ0n) is 14.1. The van der Waals surface area contributed by atoms with E-state index in [1.165, 1.54) is 51.5 Å². The van der Waals surface area contributed by atoms with Gasteiger partial charge in [-0.15, -0.1) is 0 Å². The summed E-state index contributed by atoms with van der Waals surface area (Å²) < 4.78 is 0. The Morgan fingerprint density at radius 3 is 2.20 bits per heavy atom. The molecule has 2 nitrogen and oxygen atoms in total. The van der Waals surface area contributed by atoms with Crippen molar-refractivity contribution >= 4 is 0 Å². The van der Waals surface area contributed by atoms with Gasteiger partial charge in [-0.25, -0.2) is 0 Å². The molecule has 0 spiro atoms. The first-order valence-electron chi connectivity index (χ1n) is 9.00. The fourth-order valence-corrected chi connectivity index (χ4v) is 4.40. The Bertz CT molecular complexity index is 281. The van der Waals surface area contributed by atoms with Crippen LogP contribution >= 0.6 is 0 Å². The molecule has 0 aromatic rings. The lowest BCUT2D eigenvalue weighted by atomic mass is 9.76. The fourth-order valence-electron chi connectivity index (χ4n) is 4.40. The number of hydrogen-bond acceptors (Lipinski definition) is 2. The summed E-state index contributed by atoms with van der Waals surface area (Å²) in [7, 11) is 0. The maximum absolute atomic E-state index is 6.54. The molecule has 20 heavy (non-hydrogen) atoms. The Morgan fingerprint density at radius 1 is 1.00 bits per heavy atom. The molecule has 0 aliphatic heterocycles. The van der Waals surface area contributed by atoms with Gasteiger partial charge < -0.3 is 5.73 Å². The van der Waals surface area contributed by atoms with Crippen molar-refractivity contribution in [3.8, 4) is 0 Å². The molecule has 2 fully saturated rings. The molecule has 2 N–H and O–H groups in total. The van der Waals surface area contributed by atoms with Crippen molar-refractivity contribution in [2.75, 3.05) is 6.54 Å². The minimum atomic E-state index is 0.407. The number of hydrogen-bond donors (Lipinski definition) is 1. The van der Waals surface area contributed by atoms with Gasteiger partial charge in [0.05, 0.1) is 0 Å². The second-order valence-electron chi connectivity index (χ2n) is 8.08. The minimum Gasteiger partial charge on any atom is -0.326 e.